The van der Waals surface area contributed by atoms with Crippen molar-refractivity contribution in [2.24, 2.45) is 0 Å². The summed E-state index contributed by atoms with van der Waals surface area (Å²) < 4.78 is 13.6. The van der Waals surface area contributed by atoms with Crippen LogP contribution in [0.4, 0.5) is 4.39 Å². The molecule has 0 aliphatic carbocycles. The maximum atomic E-state index is 12.9. The Morgan fingerprint density at radius 2 is 2.25 bits per heavy atom. The Bertz CT molecular complexity index is 496. The number of nitrogens with one attached hydrogen (secondary N) is 2. The molecule has 0 amide bonds. The Balaban J connectivity index is 2.35. The van der Waals surface area contributed by atoms with Gasteiger partial charge in [-0.25, -0.2) is 4.39 Å². The van der Waals surface area contributed by atoms with Crippen molar-refractivity contribution in [1.29, 1.82) is 0 Å². The average Bonchev–Trinajstić information content (AvgIpc) is 2.67. The highest BCUT2D eigenvalue weighted by molar-refractivity contribution is 9.10. The molecule has 2 rings (SSSR count). The van der Waals surface area contributed by atoms with Crippen LogP contribution < -0.4 is 5.32 Å². The number of halogens is 2. The normalized spacial score (nSPS) is 10.7. The molecule has 1 aromatic carbocycles. The molecule has 1 aromatic heterocycles. The number of H-pyrrole nitrogens is 1. The Morgan fingerprint density at radius 1 is 1.44 bits per heavy atom. The van der Waals surface area contributed by atoms with Gasteiger partial charge in [0.25, 0.3) is 0 Å². The van der Waals surface area contributed by atoms with Crippen molar-refractivity contribution in [1.82, 2.24) is 15.5 Å². The fraction of sp³-hybridized carbons (Fsp3) is 0.182. The van der Waals surface area contributed by atoms with E-state index < -0.39 is 0 Å². The van der Waals surface area contributed by atoms with Gasteiger partial charge in [-0.1, -0.05) is 0 Å². The summed E-state index contributed by atoms with van der Waals surface area (Å²) in [5.74, 6) is -0.262. The zero-order chi connectivity index (χ0) is 11.5. The van der Waals surface area contributed by atoms with E-state index in [1.54, 1.807) is 6.07 Å². The largest absolute Gasteiger partial charge is 0.314 e. The SMILES string of the molecule is CNCc1cc(-c2ccc(F)cc2Br)n[nH]1. The van der Waals surface area contributed by atoms with Crippen molar-refractivity contribution < 1.29 is 4.39 Å². The van der Waals surface area contributed by atoms with Crippen molar-refractivity contribution in [3.63, 3.8) is 0 Å². The molecule has 16 heavy (non-hydrogen) atoms. The number of benzene rings is 1. The van der Waals surface area contributed by atoms with Crippen LogP contribution in [0.1, 0.15) is 5.69 Å². The van der Waals surface area contributed by atoms with E-state index in [-0.39, 0.29) is 5.82 Å². The molecule has 0 radical (unpaired) electrons. The smallest absolute Gasteiger partial charge is 0.124 e. The third kappa shape index (κ3) is 2.31. The first-order valence-electron chi connectivity index (χ1n) is 4.85. The lowest BCUT2D eigenvalue weighted by Crippen LogP contribution is -2.04. The second-order valence-corrected chi connectivity index (χ2v) is 4.29. The van der Waals surface area contributed by atoms with Gasteiger partial charge in [-0.05, 0) is 47.2 Å². The third-order valence-corrected chi connectivity index (χ3v) is 2.86. The van der Waals surface area contributed by atoms with E-state index >= 15 is 0 Å². The van der Waals surface area contributed by atoms with E-state index in [4.69, 9.17) is 0 Å². The first-order valence-corrected chi connectivity index (χ1v) is 5.64. The number of hydrogen-bond acceptors (Lipinski definition) is 2. The maximum absolute atomic E-state index is 12.9. The highest BCUT2D eigenvalue weighted by atomic mass is 79.9. The monoisotopic (exact) mass is 283 g/mol. The van der Waals surface area contributed by atoms with Gasteiger partial charge in [-0.2, -0.15) is 5.10 Å². The summed E-state index contributed by atoms with van der Waals surface area (Å²) in [6.45, 7) is 0.728. The van der Waals surface area contributed by atoms with Crippen molar-refractivity contribution >= 4 is 15.9 Å². The molecule has 0 unspecified atom stereocenters. The van der Waals surface area contributed by atoms with Gasteiger partial charge in [-0.3, -0.25) is 5.10 Å². The zero-order valence-electron chi connectivity index (χ0n) is 8.72. The molecule has 1 heterocycles. The summed E-state index contributed by atoms with van der Waals surface area (Å²) in [4.78, 5) is 0. The summed E-state index contributed by atoms with van der Waals surface area (Å²) in [6.07, 6.45) is 0. The number of hydrogen-bond donors (Lipinski definition) is 2. The summed E-state index contributed by atoms with van der Waals surface area (Å²) in [5, 5.41) is 10.1. The predicted molar refractivity (Wildman–Crippen MR) is 64.4 cm³/mol. The Morgan fingerprint density at radius 3 is 2.94 bits per heavy atom. The van der Waals surface area contributed by atoms with E-state index in [0.29, 0.717) is 4.47 Å². The molecule has 3 nitrogen and oxygen atoms in total. The topological polar surface area (TPSA) is 40.7 Å². The van der Waals surface area contributed by atoms with Crippen LogP contribution in [0.3, 0.4) is 0 Å². The van der Waals surface area contributed by atoms with Crippen LogP contribution in [0.2, 0.25) is 0 Å². The fourth-order valence-corrected chi connectivity index (χ4v) is 2.03. The minimum absolute atomic E-state index is 0.262. The maximum Gasteiger partial charge on any atom is 0.124 e. The molecule has 84 valence electrons. The molecule has 5 heteroatoms. The van der Waals surface area contributed by atoms with E-state index in [9.17, 15) is 4.39 Å². The van der Waals surface area contributed by atoms with Crippen molar-refractivity contribution in [3.05, 3.63) is 40.2 Å². The van der Waals surface area contributed by atoms with E-state index in [2.05, 4.69) is 31.4 Å². The molecule has 0 atom stereocenters. The molecule has 0 bridgehead atoms. The molecule has 2 aromatic rings. The number of aromatic nitrogens is 2. The summed E-state index contributed by atoms with van der Waals surface area (Å²) in [6, 6.07) is 6.50. The molecule has 0 saturated carbocycles. The van der Waals surface area contributed by atoms with Gasteiger partial charge in [0.2, 0.25) is 0 Å². The minimum Gasteiger partial charge on any atom is -0.314 e. The molecular formula is C11H11BrFN3. The third-order valence-electron chi connectivity index (χ3n) is 2.21. The second kappa shape index (κ2) is 4.76. The Labute approximate surface area is 101 Å². The lowest BCUT2D eigenvalue weighted by Gasteiger charge is -1.99. The summed E-state index contributed by atoms with van der Waals surface area (Å²) in [7, 11) is 1.87. The van der Waals surface area contributed by atoms with Crippen LogP contribution in [0.25, 0.3) is 11.3 Å². The quantitative estimate of drug-likeness (QED) is 0.909. The molecule has 0 fully saturated rings. The molecule has 0 aliphatic rings. The number of rotatable bonds is 3. The molecule has 0 aliphatic heterocycles. The summed E-state index contributed by atoms with van der Waals surface area (Å²) in [5.41, 5.74) is 2.67. The van der Waals surface area contributed by atoms with Gasteiger partial charge in [-0.15, -0.1) is 0 Å². The molecule has 0 saturated heterocycles. The molecule has 0 spiro atoms. The van der Waals surface area contributed by atoms with Crippen LogP contribution in [-0.2, 0) is 6.54 Å². The Hall–Kier alpha value is -1.20. The van der Waals surface area contributed by atoms with Crippen LogP contribution in [-0.4, -0.2) is 17.2 Å². The van der Waals surface area contributed by atoms with Crippen molar-refractivity contribution in [2.45, 2.75) is 6.54 Å². The minimum atomic E-state index is -0.262. The van der Waals surface area contributed by atoms with Gasteiger partial charge in [0.1, 0.15) is 5.82 Å². The van der Waals surface area contributed by atoms with Gasteiger partial charge in [0, 0.05) is 22.3 Å². The molecular weight excluding hydrogens is 273 g/mol. The van der Waals surface area contributed by atoms with Crippen molar-refractivity contribution in [2.75, 3.05) is 7.05 Å². The van der Waals surface area contributed by atoms with Crippen LogP contribution in [0.15, 0.2) is 28.7 Å². The van der Waals surface area contributed by atoms with E-state index in [1.165, 1.54) is 12.1 Å². The van der Waals surface area contributed by atoms with Gasteiger partial charge < -0.3 is 5.32 Å². The predicted octanol–water partition coefficient (Wildman–Crippen LogP) is 2.70. The Kier molecular flexibility index (Phi) is 3.36. The van der Waals surface area contributed by atoms with Gasteiger partial charge in [0.05, 0.1) is 5.69 Å². The zero-order valence-corrected chi connectivity index (χ0v) is 10.3. The molecule has 2 N–H and O–H groups in total. The van der Waals surface area contributed by atoms with Crippen LogP contribution in [0.5, 0.6) is 0 Å². The number of nitrogens with zero attached hydrogens (tertiary/aromatic N) is 1. The fourth-order valence-electron chi connectivity index (χ4n) is 1.48. The highest BCUT2D eigenvalue weighted by Gasteiger charge is 2.08. The first-order chi connectivity index (χ1) is 7.70. The van der Waals surface area contributed by atoms with E-state index in [0.717, 1.165) is 23.5 Å². The first kappa shape index (κ1) is 11.3. The highest BCUT2D eigenvalue weighted by Crippen LogP contribution is 2.27. The average molecular weight is 284 g/mol. The van der Waals surface area contributed by atoms with Crippen molar-refractivity contribution in [3.8, 4) is 11.3 Å². The van der Waals surface area contributed by atoms with Gasteiger partial charge >= 0.3 is 0 Å². The van der Waals surface area contributed by atoms with E-state index in [1.807, 2.05) is 13.1 Å². The van der Waals surface area contributed by atoms with Crippen LogP contribution in [0, 0.1) is 5.82 Å². The second-order valence-electron chi connectivity index (χ2n) is 3.43. The standard InChI is InChI=1S/C11H11BrFN3/c1-14-6-8-5-11(16-15-8)9-3-2-7(13)4-10(9)12/h2-5,14H,6H2,1H3,(H,15,16). The lowest BCUT2D eigenvalue weighted by molar-refractivity contribution is 0.627. The number of aromatic amines is 1. The van der Waals surface area contributed by atoms with Crippen LogP contribution >= 0.6 is 15.9 Å². The summed E-state index contributed by atoms with van der Waals surface area (Å²) >= 11 is 3.32. The lowest BCUT2D eigenvalue weighted by atomic mass is 10.1. The van der Waals surface area contributed by atoms with Gasteiger partial charge in [0.15, 0.2) is 0 Å².